The minimum absolute atomic E-state index is 0.263. The van der Waals surface area contributed by atoms with Crippen LogP contribution in [0.2, 0.25) is 0 Å². The van der Waals surface area contributed by atoms with Crippen LogP contribution in [0.5, 0.6) is 0 Å². The van der Waals surface area contributed by atoms with E-state index in [1.807, 2.05) is 0 Å². The van der Waals surface area contributed by atoms with Gasteiger partial charge in [0.1, 0.15) is 0 Å². The van der Waals surface area contributed by atoms with E-state index in [1.165, 1.54) is 37.7 Å². The molecule has 25 heavy (non-hydrogen) atoms. The topological polar surface area (TPSA) is 30.5 Å². The van der Waals surface area contributed by atoms with Crippen molar-refractivity contribution < 1.29 is 9.31 Å². The highest BCUT2D eigenvalue weighted by atomic mass is 16.7. The Morgan fingerprint density at radius 3 is 2.08 bits per heavy atom. The summed E-state index contributed by atoms with van der Waals surface area (Å²) in [6.07, 6.45) is 6.35. The van der Waals surface area contributed by atoms with E-state index in [2.05, 4.69) is 71.2 Å². The molecule has 1 aliphatic heterocycles. The number of nitrogens with one attached hydrogen (secondary N) is 1. The molecule has 0 radical (unpaired) electrons. The molecule has 3 nitrogen and oxygen atoms in total. The SMILES string of the molecule is CNC1(C)CCCC(c2ccc(B3OC(C)(C)C(C)(C)O3)cc2)CC1. The van der Waals surface area contributed by atoms with Crippen molar-refractivity contribution in [1.29, 1.82) is 0 Å². The van der Waals surface area contributed by atoms with Crippen LogP contribution in [0.1, 0.15) is 78.2 Å². The van der Waals surface area contributed by atoms with Gasteiger partial charge in [-0.2, -0.15) is 0 Å². The zero-order valence-electron chi connectivity index (χ0n) is 16.8. The smallest absolute Gasteiger partial charge is 0.399 e. The molecule has 4 heteroatoms. The molecule has 1 saturated carbocycles. The summed E-state index contributed by atoms with van der Waals surface area (Å²) in [4.78, 5) is 0. The number of hydrogen-bond donors (Lipinski definition) is 1. The zero-order valence-corrected chi connectivity index (χ0v) is 16.8. The molecule has 0 aromatic heterocycles. The molecular formula is C21H34BNO2. The van der Waals surface area contributed by atoms with Crippen molar-refractivity contribution in [3.8, 4) is 0 Å². The Bertz CT molecular complexity index is 582. The van der Waals surface area contributed by atoms with E-state index in [9.17, 15) is 0 Å². The zero-order chi connectivity index (χ0) is 18.3. The van der Waals surface area contributed by atoms with Gasteiger partial charge in [0.15, 0.2) is 0 Å². The van der Waals surface area contributed by atoms with Gasteiger partial charge in [-0.15, -0.1) is 0 Å². The number of benzene rings is 1. The first-order valence-corrected chi connectivity index (χ1v) is 9.80. The van der Waals surface area contributed by atoms with Crippen LogP contribution in [-0.2, 0) is 9.31 Å². The van der Waals surface area contributed by atoms with Crippen LogP contribution < -0.4 is 10.8 Å². The molecule has 3 rings (SSSR count). The van der Waals surface area contributed by atoms with Gasteiger partial charge in [-0.05, 0) is 84.3 Å². The molecule has 0 amide bonds. The minimum Gasteiger partial charge on any atom is -0.399 e. The van der Waals surface area contributed by atoms with Crippen molar-refractivity contribution in [2.75, 3.05) is 7.05 Å². The van der Waals surface area contributed by atoms with Crippen LogP contribution in [0.4, 0.5) is 0 Å². The Kier molecular flexibility index (Phi) is 5.09. The lowest BCUT2D eigenvalue weighted by atomic mass is 9.78. The van der Waals surface area contributed by atoms with E-state index in [-0.39, 0.29) is 18.3 Å². The maximum atomic E-state index is 6.17. The molecule has 0 bridgehead atoms. The van der Waals surface area contributed by atoms with E-state index in [1.54, 1.807) is 0 Å². The van der Waals surface area contributed by atoms with Crippen molar-refractivity contribution >= 4 is 12.6 Å². The number of rotatable bonds is 3. The van der Waals surface area contributed by atoms with E-state index in [0.29, 0.717) is 11.5 Å². The summed E-state index contributed by atoms with van der Waals surface area (Å²) in [6.45, 7) is 10.8. The highest BCUT2D eigenvalue weighted by Gasteiger charge is 2.51. The lowest BCUT2D eigenvalue weighted by Crippen LogP contribution is -2.41. The second-order valence-electron chi connectivity index (χ2n) is 9.19. The van der Waals surface area contributed by atoms with Crippen molar-refractivity contribution in [2.24, 2.45) is 0 Å². The Morgan fingerprint density at radius 1 is 0.920 bits per heavy atom. The molecule has 1 aliphatic carbocycles. The Balaban J connectivity index is 1.69. The Hall–Kier alpha value is -0.835. The van der Waals surface area contributed by atoms with Crippen LogP contribution in [-0.4, -0.2) is 30.9 Å². The second kappa shape index (κ2) is 6.72. The van der Waals surface area contributed by atoms with Gasteiger partial charge >= 0.3 is 7.12 Å². The van der Waals surface area contributed by atoms with E-state index < -0.39 is 0 Å². The molecule has 2 atom stereocenters. The highest BCUT2D eigenvalue weighted by Crippen LogP contribution is 2.37. The monoisotopic (exact) mass is 343 g/mol. The van der Waals surface area contributed by atoms with Gasteiger partial charge in [-0.1, -0.05) is 30.7 Å². The van der Waals surface area contributed by atoms with E-state index >= 15 is 0 Å². The molecule has 2 unspecified atom stereocenters. The maximum Gasteiger partial charge on any atom is 0.494 e. The van der Waals surface area contributed by atoms with Crippen molar-refractivity contribution in [3.63, 3.8) is 0 Å². The van der Waals surface area contributed by atoms with Crippen LogP contribution >= 0.6 is 0 Å². The van der Waals surface area contributed by atoms with Gasteiger partial charge in [-0.25, -0.2) is 0 Å². The lowest BCUT2D eigenvalue weighted by molar-refractivity contribution is 0.00578. The molecule has 2 fully saturated rings. The molecule has 1 saturated heterocycles. The Morgan fingerprint density at radius 2 is 1.52 bits per heavy atom. The molecule has 1 aromatic rings. The average Bonchev–Trinajstić information content (AvgIpc) is 2.70. The van der Waals surface area contributed by atoms with Crippen LogP contribution in [0.3, 0.4) is 0 Å². The van der Waals surface area contributed by atoms with Crippen molar-refractivity contribution in [3.05, 3.63) is 29.8 Å². The standard InChI is InChI=1S/C21H34BNO2/c1-19(2)20(3,4)25-22(24-19)18-11-9-17(10-12-18)16-8-7-14-21(5,23-6)15-13-16/h9-12,16,23H,7-8,13-15H2,1-6H3. The first-order valence-electron chi connectivity index (χ1n) is 9.80. The normalized spacial score (nSPS) is 31.8. The van der Waals surface area contributed by atoms with E-state index in [0.717, 1.165) is 5.46 Å². The summed E-state index contributed by atoms with van der Waals surface area (Å²) < 4.78 is 12.3. The fraction of sp³-hybridized carbons (Fsp3) is 0.714. The van der Waals surface area contributed by atoms with Crippen LogP contribution in [0, 0.1) is 0 Å². The third-order valence-electron chi connectivity index (χ3n) is 6.86. The predicted molar refractivity (Wildman–Crippen MR) is 105 cm³/mol. The molecule has 1 aromatic carbocycles. The highest BCUT2D eigenvalue weighted by molar-refractivity contribution is 6.62. The quantitative estimate of drug-likeness (QED) is 0.664. The average molecular weight is 343 g/mol. The fourth-order valence-corrected chi connectivity index (χ4v) is 3.99. The third-order valence-corrected chi connectivity index (χ3v) is 6.86. The molecule has 138 valence electrons. The van der Waals surface area contributed by atoms with Crippen LogP contribution in [0.25, 0.3) is 0 Å². The second-order valence-corrected chi connectivity index (χ2v) is 9.19. The largest absolute Gasteiger partial charge is 0.494 e. The van der Waals surface area contributed by atoms with Gasteiger partial charge in [0.05, 0.1) is 11.2 Å². The van der Waals surface area contributed by atoms with Gasteiger partial charge in [0.2, 0.25) is 0 Å². The summed E-state index contributed by atoms with van der Waals surface area (Å²) in [6, 6.07) is 8.96. The van der Waals surface area contributed by atoms with Gasteiger partial charge in [0, 0.05) is 5.54 Å². The van der Waals surface area contributed by atoms with Gasteiger partial charge < -0.3 is 14.6 Å². The van der Waals surface area contributed by atoms with E-state index in [4.69, 9.17) is 9.31 Å². The maximum absolute atomic E-state index is 6.17. The molecule has 0 spiro atoms. The molecule has 2 aliphatic rings. The summed E-state index contributed by atoms with van der Waals surface area (Å²) in [5.74, 6) is 0.669. The molecule has 1 heterocycles. The summed E-state index contributed by atoms with van der Waals surface area (Å²) in [5.41, 5.74) is 2.32. The summed E-state index contributed by atoms with van der Waals surface area (Å²) in [7, 11) is 1.83. The molecular weight excluding hydrogens is 309 g/mol. The van der Waals surface area contributed by atoms with Crippen molar-refractivity contribution in [1.82, 2.24) is 5.32 Å². The van der Waals surface area contributed by atoms with Gasteiger partial charge in [-0.3, -0.25) is 0 Å². The predicted octanol–water partition coefficient (Wildman–Crippen LogP) is 4.01. The Labute approximate surface area is 154 Å². The lowest BCUT2D eigenvalue weighted by Gasteiger charge is -2.32. The van der Waals surface area contributed by atoms with Crippen LogP contribution in [0.15, 0.2) is 24.3 Å². The fourth-order valence-electron chi connectivity index (χ4n) is 3.99. The summed E-state index contributed by atoms with van der Waals surface area (Å²) in [5, 5.41) is 3.52. The van der Waals surface area contributed by atoms with Gasteiger partial charge in [0.25, 0.3) is 0 Å². The first-order chi connectivity index (χ1) is 11.7. The first kappa shape index (κ1) is 18.9. The third kappa shape index (κ3) is 3.81. The van der Waals surface area contributed by atoms with Crippen molar-refractivity contribution in [2.45, 2.75) is 89.4 Å². The molecule has 1 N–H and O–H groups in total. The number of hydrogen-bond acceptors (Lipinski definition) is 3. The summed E-state index contributed by atoms with van der Waals surface area (Å²) >= 11 is 0. The minimum atomic E-state index is -0.283.